The van der Waals surface area contributed by atoms with Crippen molar-refractivity contribution in [1.82, 2.24) is 10.5 Å². The van der Waals surface area contributed by atoms with E-state index in [0.717, 1.165) is 0 Å². The van der Waals surface area contributed by atoms with Gasteiger partial charge in [-0.2, -0.15) is 5.48 Å². The van der Waals surface area contributed by atoms with E-state index in [2.05, 4.69) is 10.5 Å². The van der Waals surface area contributed by atoms with Gasteiger partial charge in [-0.15, -0.1) is 0 Å². The highest BCUT2D eigenvalue weighted by Gasteiger charge is 2.09. The largest absolute Gasteiger partial charge is 0.435 e. The number of amides is 1. The van der Waals surface area contributed by atoms with Crippen LogP contribution in [0, 0.1) is 0 Å². The maximum Gasteiger partial charge on any atom is 0.283 e. The van der Waals surface area contributed by atoms with Crippen LogP contribution in [0.5, 0.6) is 17.4 Å². The van der Waals surface area contributed by atoms with Gasteiger partial charge >= 0.3 is 0 Å². The van der Waals surface area contributed by atoms with Crippen molar-refractivity contribution in [3.63, 3.8) is 0 Å². The van der Waals surface area contributed by atoms with Crippen molar-refractivity contribution in [2.75, 3.05) is 0 Å². The standard InChI is InChI=1S/C18H14N2O3/c21-18(14-8-2-1-3-9-14)20-23-16-11-5-4-10-15(16)22-17-12-6-7-13-19-17/h1-13H,(H,20,21). The second-order valence-electron chi connectivity index (χ2n) is 4.62. The predicted octanol–water partition coefficient (Wildman–Crippen LogP) is 3.60. The molecule has 0 unspecified atom stereocenters. The fourth-order valence-corrected chi connectivity index (χ4v) is 1.89. The lowest BCUT2D eigenvalue weighted by atomic mass is 10.2. The second-order valence-corrected chi connectivity index (χ2v) is 4.62. The third-order valence-electron chi connectivity index (χ3n) is 2.99. The van der Waals surface area contributed by atoms with E-state index < -0.39 is 0 Å². The number of carbonyl (C=O) groups excluding carboxylic acids is 1. The Bertz CT molecular complexity index is 777. The van der Waals surface area contributed by atoms with Gasteiger partial charge in [0.2, 0.25) is 5.88 Å². The Balaban J connectivity index is 1.70. The van der Waals surface area contributed by atoms with Gasteiger partial charge in [0.05, 0.1) is 0 Å². The number of hydrogen-bond donors (Lipinski definition) is 1. The average molecular weight is 306 g/mol. The molecule has 0 aliphatic heterocycles. The Morgan fingerprint density at radius 3 is 2.26 bits per heavy atom. The van der Waals surface area contributed by atoms with Gasteiger partial charge in [0.15, 0.2) is 11.5 Å². The fourth-order valence-electron chi connectivity index (χ4n) is 1.89. The molecule has 5 heteroatoms. The summed E-state index contributed by atoms with van der Waals surface area (Å²) in [5, 5.41) is 0. The van der Waals surface area contributed by atoms with E-state index in [9.17, 15) is 4.79 Å². The Hall–Kier alpha value is -3.34. The lowest BCUT2D eigenvalue weighted by molar-refractivity contribution is 0.0755. The van der Waals surface area contributed by atoms with Crippen LogP contribution in [0.1, 0.15) is 10.4 Å². The molecule has 114 valence electrons. The Morgan fingerprint density at radius 2 is 1.52 bits per heavy atom. The maximum atomic E-state index is 12.0. The molecular weight excluding hydrogens is 292 g/mol. The topological polar surface area (TPSA) is 60.5 Å². The molecule has 1 N–H and O–H groups in total. The number of nitrogens with one attached hydrogen (secondary N) is 1. The minimum absolute atomic E-state index is 0.335. The Kier molecular flexibility index (Phi) is 4.49. The van der Waals surface area contributed by atoms with Gasteiger partial charge in [0.1, 0.15) is 0 Å². The summed E-state index contributed by atoms with van der Waals surface area (Å²) in [4.78, 5) is 21.5. The third-order valence-corrected chi connectivity index (χ3v) is 2.99. The minimum Gasteiger partial charge on any atom is -0.435 e. The summed E-state index contributed by atoms with van der Waals surface area (Å²) in [6.45, 7) is 0. The van der Waals surface area contributed by atoms with Gasteiger partial charge in [-0.1, -0.05) is 36.4 Å². The van der Waals surface area contributed by atoms with Gasteiger partial charge < -0.3 is 9.57 Å². The number of carbonyl (C=O) groups is 1. The maximum absolute atomic E-state index is 12.0. The van der Waals surface area contributed by atoms with E-state index >= 15 is 0 Å². The van der Waals surface area contributed by atoms with Crippen molar-refractivity contribution in [3.05, 3.63) is 84.6 Å². The fraction of sp³-hybridized carbons (Fsp3) is 0. The number of benzene rings is 2. The van der Waals surface area contributed by atoms with Crippen molar-refractivity contribution in [3.8, 4) is 17.4 Å². The smallest absolute Gasteiger partial charge is 0.283 e. The van der Waals surface area contributed by atoms with Gasteiger partial charge in [-0.05, 0) is 30.3 Å². The van der Waals surface area contributed by atoms with Crippen molar-refractivity contribution in [2.45, 2.75) is 0 Å². The molecule has 3 rings (SSSR count). The molecular formula is C18H14N2O3. The van der Waals surface area contributed by atoms with E-state index in [0.29, 0.717) is 22.9 Å². The first-order valence-electron chi connectivity index (χ1n) is 7.03. The molecule has 0 saturated heterocycles. The van der Waals surface area contributed by atoms with Crippen LogP contribution in [0.25, 0.3) is 0 Å². The molecule has 2 aromatic carbocycles. The summed E-state index contributed by atoms with van der Waals surface area (Å²) in [6, 6.07) is 21.2. The normalized spacial score (nSPS) is 9.91. The molecule has 0 radical (unpaired) electrons. The summed E-state index contributed by atoms with van der Waals surface area (Å²) in [5.74, 6) is 0.957. The van der Waals surface area contributed by atoms with Gasteiger partial charge in [0, 0.05) is 17.8 Å². The third kappa shape index (κ3) is 3.85. The minimum atomic E-state index is -0.335. The quantitative estimate of drug-likeness (QED) is 0.732. The number of para-hydroxylation sites is 2. The van der Waals surface area contributed by atoms with Gasteiger partial charge in [-0.3, -0.25) is 4.79 Å². The van der Waals surface area contributed by atoms with Crippen LogP contribution < -0.4 is 15.1 Å². The first-order chi connectivity index (χ1) is 11.3. The molecule has 1 heterocycles. The molecule has 0 saturated carbocycles. The van der Waals surface area contributed by atoms with Crippen LogP contribution in [0.4, 0.5) is 0 Å². The number of pyridine rings is 1. The average Bonchev–Trinajstić information content (AvgIpc) is 2.62. The van der Waals surface area contributed by atoms with Crippen molar-refractivity contribution >= 4 is 5.91 Å². The Labute approximate surface area is 133 Å². The van der Waals surface area contributed by atoms with Gasteiger partial charge in [0.25, 0.3) is 5.91 Å². The van der Waals surface area contributed by atoms with E-state index in [1.54, 1.807) is 60.8 Å². The summed E-state index contributed by atoms with van der Waals surface area (Å²) >= 11 is 0. The van der Waals surface area contributed by atoms with Crippen LogP contribution in [-0.2, 0) is 0 Å². The first-order valence-corrected chi connectivity index (χ1v) is 7.03. The molecule has 0 fully saturated rings. The number of aromatic nitrogens is 1. The highest BCUT2D eigenvalue weighted by molar-refractivity contribution is 5.93. The van der Waals surface area contributed by atoms with Crippen LogP contribution in [0.15, 0.2) is 79.0 Å². The summed E-state index contributed by atoms with van der Waals surface area (Å²) < 4.78 is 5.66. The molecule has 0 aliphatic carbocycles. The zero-order valence-corrected chi connectivity index (χ0v) is 12.2. The second kappa shape index (κ2) is 7.09. The molecule has 0 atom stereocenters. The zero-order valence-electron chi connectivity index (χ0n) is 12.2. The molecule has 0 bridgehead atoms. The van der Waals surface area contributed by atoms with E-state index in [1.807, 2.05) is 18.2 Å². The van der Waals surface area contributed by atoms with Crippen LogP contribution in [-0.4, -0.2) is 10.9 Å². The van der Waals surface area contributed by atoms with Crippen molar-refractivity contribution in [1.29, 1.82) is 0 Å². The highest BCUT2D eigenvalue weighted by atomic mass is 16.7. The van der Waals surface area contributed by atoms with Crippen LogP contribution >= 0.6 is 0 Å². The monoisotopic (exact) mass is 306 g/mol. The molecule has 0 spiro atoms. The number of ether oxygens (including phenoxy) is 1. The number of rotatable bonds is 5. The lowest BCUT2D eigenvalue weighted by Gasteiger charge is -2.11. The number of hydroxylamine groups is 1. The molecule has 1 aromatic heterocycles. The number of nitrogens with zero attached hydrogens (tertiary/aromatic N) is 1. The molecule has 23 heavy (non-hydrogen) atoms. The number of hydrogen-bond acceptors (Lipinski definition) is 4. The van der Waals surface area contributed by atoms with Crippen molar-refractivity contribution in [2.24, 2.45) is 0 Å². The molecule has 3 aromatic rings. The molecule has 1 amide bonds. The summed E-state index contributed by atoms with van der Waals surface area (Å²) in [5.41, 5.74) is 2.91. The van der Waals surface area contributed by atoms with Crippen LogP contribution in [0.2, 0.25) is 0 Å². The highest BCUT2D eigenvalue weighted by Crippen LogP contribution is 2.29. The predicted molar refractivity (Wildman–Crippen MR) is 85.3 cm³/mol. The molecule has 5 nitrogen and oxygen atoms in total. The van der Waals surface area contributed by atoms with Crippen LogP contribution in [0.3, 0.4) is 0 Å². The SMILES string of the molecule is O=C(NOc1ccccc1Oc1ccccn1)c1ccccc1. The Morgan fingerprint density at radius 1 is 0.826 bits per heavy atom. The van der Waals surface area contributed by atoms with E-state index in [-0.39, 0.29) is 5.91 Å². The lowest BCUT2D eigenvalue weighted by Crippen LogP contribution is -2.27. The van der Waals surface area contributed by atoms with Gasteiger partial charge in [-0.25, -0.2) is 4.98 Å². The molecule has 0 aliphatic rings. The van der Waals surface area contributed by atoms with E-state index in [4.69, 9.17) is 9.57 Å². The summed E-state index contributed by atoms with van der Waals surface area (Å²) in [7, 11) is 0. The first kappa shape index (κ1) is 14.6. The van der Waals surface area contributed by atoms with Crippen molar-refractivity contribution < 1.29 is 14.4 Å². The summed E-state index contributed by atoms with van der Waals surface area (Å²) in [6.07, 6.45) is 1.63. The zero-order chi connectivity index (χ0) is 15.9. The van der Waals surface area contributed by atoms with E-state index in [1.165, 1.54) is 0 Å².